The third-order valence-corrected chi connectivity index (χ3v) is 4.19. The van der Waals surface area contributed by atoms with Gasteiger partial charge in [-0.25, -0.2) is 13.1 Å². The SMILES string of the molecule is CCC(C)NS(=O)(=O)c1ccc(NN)c([N+](=O)[O-])c1. The highest BCUT2D eigenvalue weighted by Crippen LogP contribution is 2.26. The van der Waals surface area contributed by atoms with E-state index in [1.165, 1.54) is 12.1 Å². The summed E-state index contributed by atoms with van der Waals surface area (Å²) in [6.07, 6.45) is 0.615. The van der Waals surface area contributed by atoms with E-state index in [0.717, 1.165) is 6.07 Å². The molecule has 1 rings (SSSR count). The van der Waals surface area contributed by atoms with Gasteiger partial charge in [0.1, 0.15) is 5.69 Å². The first-order valence-electron chi connectivity index (χ1n) is 5.59. The number of nitrogen functional groups attached to an aromatic ring is 1. The van der Waals surface area contributed by atoms with Gasteiger partial charge in [0.15, 0.2) is 0 Å². The third-order valence-electron chi connectivity index (χ3n) is 2.60. The lowest BCUT2D eigenvalue weighted by Crippen LogP contribution is -2.32. The summed E-state index contributed by atoms with van der Waals surface area (Å²) in [6.45, 7) is 3.54. The lowest BCUT2D eigenvalue weighted by atomic mass is 10.3. The molecule has 0 spiro atoms. The van der Waals surface area contributed by atoms with Gasteiger partial charge < -0.3 is 5.43 Å². The van der Waals surface area contributed by atoms with Gasteiger partial charge in [-0.15, -0.1) is 0 Å². The maximum atomic E-state index is 12.0. The fourth-order valence-electron chi connectivity index (χ4n) is 1.37. The Morgan fingerprint density at radius 3 is 2.58 bits per heavy atom. The monoisotopic (exact) mass is 288 g/mol. The van der Waals surface area contributed by atoms with Crippen molar-refractivity contribution in [2.24, 2.45) is 5.84 Å². The molecule has 4 N–H and O–H groups in total. The second-order valence-corrected chi connectivity index (χ2v) is 5.72. The zero-order valence-corrected chi connectivity index (χ0v) is 11.4. The zero-order valence-electron chi connectivity index (χ0n) is 10.6. The predicted molar refractivity (Wildman–Crippen MR) is 71.0 cm³/mol. The molecule has 0 aliphatic heterocycles. The van der Waals surface area contributed by atoms with Crippen LogP contribution < -0.4 is 16.0 Å². The summed E-state index contributed by atoms with van der Waals surface area (Å²) in [4.78, 5) is 9.97. The third kappa shape index (κ3) is 3.63. The van der Waals surface area contributed by atoms with E-state index in [0.29, 0.717) is 6.42 Å². The molecule has 0 aromatic heterocycles. The average Bonchev–Trinajstić information content (AvgIpc) is 2.37. The van der Waals surface area contributed by atoms with Crippen LogP contribution in [-0.2, 0) is 10.0 Å². The van der Waals surface area contributed by atoms with E-state index in [1.807, 2.05) is 6.92 Å². The normalized spacial score (nSPS) is 13.0. The summed E-state index contributed by atoms with van der Waals surface area (Å²) in [6, 6.07) is 3.23. The van der Waals surface area contributed by atoms with E-state index in [9.17, 15) is 18.5 Å². The summed E-state index contributed by atoms with van der Waals surface area (Å²) in [5.74, 6) is 5.13. The quantitative estimate of drug-likeness (QED) is 0.406. The highest BCUT2D eigenvalue weighted by molar-refractivity contribution is 7.89. The molecule has 8 nitrogen and oxygen atoms in total. The minimum absolute atomic E-state index is 0.0486. The fraction of sp³-hybridized carbons (Fsp3) is 0.400. The summed E-state index contributed by atoms with van der Waals surface area (Å²) in [5, 5.41) is 10.8. The van der Waals surface area contributed by atoms with Crippen LogP contribution in [0.1, 0.15) is 20.3 Å². The van der Waals surface area contributed by atoms with Gasteiger partial charge in [-0.05, 0) is 25.5 Å². The van der Waals surface area contributed by atoms with Crippen LogP contribution in [0, 0.1) is 10.1 Å². The van der Waals surface area contributed by atoms with Crippen LogP contribution in [0.2, 0.25) is 0 Å². The highest BCUT2D eigenvalue weighted by Gasteiger charge is 2.22. The second-order valence-electron chi connectivity index (χ2n) is 4.01. The minimum atomic E-state index is -3.78. The molecular weight excluding hydrogens is 272 g/mol. The molecule has 0 aliphatic rings. The number of nitro groups is 1. The van der Waals surface area contributed by atoms with Crippen molar-refractivity contribution in [3.05, 3.63) is 28.3 Å². The molecular formula is C10H16N4O4S. The van der Waals surface area contributed by atoms with Crippen LogP contribution in [0.5, 0.6) is 0 Å². The average molecular weight is 288 g/mol. The molecule has 9 heteroatoms. The van der Waals surface area contributed by atoms with Crippen LogP contribution in [-0.4, -0.2) is 19.4 Å². The Labute approximate surface area is 111 Å². The van der Waals surface area contributed by atoms with Gasteiger partial charge in [0.2, 0.25) is 10.0 Å². The van der Waals surface area contributed by atoms with Crippen LogP contribution in [0.4, 0.5) is 11.4 Å². The van der Waals surface area contributed by atoms with Gasteiger partial charge >= 0.3 is 0 Å². The van der Waals surface area contributed by atoms with Crippen molar-refractivity contribution in [3.63, 3.8) is 0 Å². The molecule has 0 saturated heterocycles. The van der Waals surface area contributed by atoms with Crippen molar-refractivity contribution in [1.29, 1.82) is 0 Å². The molecule has 0 radical (unpaired) electrons. The Hall–Kier alpha value is -1.71. The molecule has 106 valence electrons. The Bertz CT molecular complexity index is 573. The Balaban J connectivity index is 3.22. The molecule has 1 aromatic carbocycles. The van der Waals surface area contributed by atoms with Gasteiger partial charge in [0.25, 0.3) is 5.69 Å². The number of nitrogens with one attached hydrogen (secondary N) is 2. The predicted octanol–water partition coefficient (Wildman–Crippen LogP) is 0.957. The molecule has 0 aliphatic carbocycles. The summed E-state index contributed by atoms with van der Waals surface area (Å²) in [7, 11) is -3.78. The number of nitro benzene ring substituents is 1. The van der Waals surface area contributed by atoms with Crippen molar-refractivity contribution in [2.75, 3.05) is 5.43 Å². The summed E-state index contributed by atoms with van der Waals surface area (Å²) >= 11 is 0. The lowest BCUT2D eigenvalue weighted by Gasteiger charge is -2.12. The Morgan fingerprint density at radius 1 is 1.47 bits per heavy atom. The minimum Gasteiger partial charge on any atom is -0.318 e. The van der Waals surface area contributed by atoms with E-state index < -0.39 is 20.6 Å². The molecule has 0 fully saturated rings. The second kappa shape index (κ2) is 5.95. The van der Waals surface area contributed by atoms with E-state index in [4.69, 9.17) is 5.84 Å². The van der Waals surface area contributed by atoms with Gasteiger partial charge in [0, 0.05) is 12.1 Å². The van der Waals surface area contributed by atoms with Crippen LogP contribution in [0.25, 0.3) is 0 Å². The number of hydrogen-bond donors (Lipinski definition) is 3. The molecule has 19 heavy (non-hydrogen) atoms. The zero-order chi connectivity index (χ0) is 14.6. The summed E-state index contributed by atoms with van der Waals surface area (Å²) < 4.78 is 26.4. The first-order valence-corrected chi connectivity index (χ1v) is 7.07. The number of sulfonamides is 1. The maximum absolute atomic E-state index is 12.0. The molecule has 0 bridgehead atoms. The fourth-order valence-corrected chi connectivity index (χ4v) is 2.71. The van der Waals surface area contributed by atoms with Crippen molar-refractivity contribution < 1.29 is 13.3 Å². The number of rotatable bonds is 6. The smallest absolute Gasteiger partial charge is 0.294 e. The first kappa shape index (κ1) is 15.3. The Morgan fingerprint density at radius 2 is 2.11 bits per heavy atom. The molecule has 1 unspecified atom stereocenters. The van der Waals surface area contributed by atoms with Crippen LogP contribution >= 0.6 is 0 Å². The van der Waals surface area contributed by atoms with Gasteiger partial charge in [-0.1, -0.05) is 6.92 Å². The molecule has 0 amide bonds. The number of hydrazine groups is 1. The molecule has 1 atom stereocenters. The maximum Gasteiger partial charge on any atom is 0.294 e. The van der Waals surface area contributed by atoms with E-state index in [-0.39, 0.29) is 16.6 Å². The lowest BCUT2D eigenvalue weighted by molar-refractivity contribution is -0.384. The van der Waals surface area contributed by atoms with E-state index in [1.54, 1.807) is 6.92 Å². The van der Waals surface area contributed by atoms with E-state index in [2.05, 4.69) is 10.1 Å². The number of nitrogens with zero attached hydrogens (tertiary/aromatic N) is 1. The van der Waals surface area contributed by atoms with E-state index >= 15 is 0 Å². The topological polar surface area (TPSA) is 127 Å². The number of hydrogen-bond acceptors (Lipinski definition) is 6. The number of nitrogens with two attached hydrogens (primary N) is 1. The van der Waals surface area contributed by atoms with Crippen LogP contribution in [0.15, 0.2) is 23.1 Å². The summed E-state index contributed by atoms with van der Waals surface area (Å²) in [5.41, 5.74) is 1.81. The largest absolute Gasteiger partial charge is 0.318 e. The standard InChI is InChI=1S/C10H16N4O4S/c1-3-7(2)13-19(17,18)8-4-5-9(12-11)10(6-8)14(15)16/h4-7,12-13H,3,11H2,1-2H3. The molecule has 1 aromatic rings. The van der Waals surface area contributed by atoms with Crippen molar-refractivity contribution in [2.45, 2.75) is 31.2 Å². The highest BCUT2D eigenvalue weighted by atomic mass is 32.2. The van der Waals surface area contributed by atoms with Gasteiger partial charge in [-0.2, -0.15) is 0 Å². The Kier molecular flexibility index (Phi) is 4.81. The van der Waals surface area contributed by atoms with Crippen molar-refractivity contribution in [3.8, 4) is 0 Å². The van der Waals surface area contributed by atoms with Crippen LogP contribution in [0.3, 0.4) is 0 Å². The van der Waals surface area contributed by atoms with Crippen molar-refractivity contribution in [1.82, 2.24) is 4.72 Å². The molecule has 0 heterocycles. The van der Waals surface area contributed by atoms with Crippen molar-refractivity contribution >= 4 is 21.4 Å². The number of benzene rings is 1. The van der Waals surface area contributed by atoms with Gasteiger partial charge in [0.05, 0.1) is 9.82 Å². The first-order chi connectivity index (χ1) is 8.81. The molecule has 0 saturated carbocycles. The number of anilines is 1. The van der Waals surface area contributed by atoms with Gasteiger partial charge in [-0.3, -0.25) is 16.0 Å².